The maximum Gasteiger partial charge on any atom is 0.324 e. The maximum absolute atomic E-state index is 14.0. The number of hydrogen-bond donors (Lipinski definition) is 3. The molecule has 0 saturated heterocycles. The number of fused-ring (bicyclic) bond motifs is 1. The van der Waals surface area contributed by atoms with E-state index in [1.165, 1.54) is 0 Å². The summed E-state index contributed by atoms with van der Waals surface area (Å²) in [6.45, 7) is 2.07. The van der Waals surface area contributed by atoms with Crippen LogP contribution in [0.4, 0.5) is 25.1 Å². The molecule has 0 bridgehead atoms. The van der Waals surface area contributed by atoms with Gasteiger partial charge in [0.05, 0.1) is 23.5 Å². The predicted octanol–water partition coefficient (Wildman–Crippen LogP) is 5.32. The number of benzene rings is 3. The molecular formula is C26H25F2N5O2. The minimum atomic E-state index is -0.760. The molecule has 35 heavy (non-hydrogen) atoms. The molecule has 0 saturated carbocycles. The summed E-state index contributed by atoms with van der Waals surface area (Å²) in [5.41, 5.74) is 7.29. The summed E-state index contributed by atoms with van der Waals surface area (Å²) in [6.07, 6.45) is 2.61. The summed E-state index contributed by atoms with van der Waals surface area (Å²) in [7, 11) is 0. The Labute approximate surface area is 200 Å². The molecule has 0 fully saturated rings. The van der Waals surface area contributed by atoms with E-state index in [1.807, 2.05) is 30.3 Å². The maximum atomic E-state index is 14.0. The fourth-order valence-electron chi connectivity index (χ4n) is 3.89. The SMILES string of the molecule is CCCCc1cc(NC(=O)Nc2cc(F)ccc2F)n(-c2cc(CC(N)=O)c3ccccc3c2)n1. The molecule has 0 spiro atoms. The second kappa shape index (κ2) is 10.3. The molecule has 0 atom stereocenters. The number of unbranched alkanes of at least 4 members (excludes halogenated alkanes) is 1. The van der Waals surface area contributed by atoms with Gasteiger partial charge in [0.2, 0.25) is 5.91 Å². The van der Waals surface area contributed by atoms with Crippen LogP contribution in [0.3, 0.4) is 0 Å². The van der Waals surface area contributed by atoms with Gasteiger partial charge in [-0.25, -0.2) is 18.3 Å². The van der Waals surface area contributed by atoms with Crippen molar-refractivity contribution in [2.24, 2.45) is 5.73 Å². The van der Waals surface area contributed by atoms with E-state index >= 15 is 0 Å². The van der Waals surface area contributed by atoms with Gasteiger partial charge in [0, 0.05) is 12.1 Å². The quantitative estimate of drug-likeness (QED) is 0.320. The van der Waals surface area contributed by atoms with Crippen molar-refractivity contribution in [2.75, 3.05) is 10.6 Å². The molecule has 9 heteroatoms. The Morgan fingerprint density at radius 2 is 1.83 bits per heavy atom. The first-order valence-corrected chi connectivity index (χ1v) is 11.3. The first-order valence-electron chi connectivity index (χ1n) is 11.3. The van der Waals surface area contributed by atoms with Crippen molar-refractivity contribution in [3.05, 3.63) is 83.6 Å². The van der Waals surface area contributed by atoms with E-state index in [2.05, 4.69) is 22.7 Å². The number of aromatic nitrogens is 2. The molecule has 3 amide bonds. The number of rotatable bonds is 8. The first-order chi connectivity index (χ1) is 16.8. The van der Waals surface area contributed by atoms with Crippen LogP contribution in [-0.4, -0.2) is 21.7 Å². The van der Waals surface area contributed by atoms with Crippen LogP contribution >= 0.6 is 0 Å². The molecule has 0 unspecified atom stereocenters. The zero-order valence-electron chi connectivity index (χ0n) is 19.1. The molecule has 0 aliphatic rings. The first kappa shape index (κ1) is 23.9. The lowest BCUT2D eigenvalue weighted by Crippen LogP contribution is -2.22. The van der Waals surface area contributed by atoms with E-state index in [-0.39, 0.29) is 12.1 Å². The number of carbonyl (C=O) groups excluding carboxylic acids is 2. The van der Waals surface area contributed by atoms with Crippen LogP contribution in [0, 0.1) is 11.6 Å². The number of nitrogens with one attached hydrogen (secondary N) is 2. The molecular weight excluding hydrogens is 452 g/mol. The van der Waals surface area contributed by atoms with Gasteiger partial charge < -0.3 is 11.1 Å². The van der Waals surface area contributed by atoms with E-state index in [9.17, 15) is 18.4 Å². The van der Waals surface area contributed by atoms with Crippen LogP contribution in [0.5, 0.6) is 0 Å². The van der Waals surface area contributed by atoms with Crippen molar-refractivity contribution >= 4 is 34.2 Å². The molecule has 7 nitrogen and oxygen atoms in total. The monoisotopic (exact) mass is 477 g/mol. The number of hydrogen-bond acceptors (Lipinski definition) is 3. The Hall–Kier alpha value is -4.27. The summed E-state index contributed by atoms with van der Waals surface area (Å²) in [6, 6.07) is 15.1. The van der Waals surface area contributed by atoms with Crippen LogP contribution in [0.15, 0.2) is 60.7 Å². The summed E-state index contributed by atoms with van der Waals surface area (Å²) in [4.78, 5) is 24.4. The zero-order chi connectivity index (χ0) is 24.9. The number of nitrogens with zero attached hydrogens (tertiary/aromatic N) is 2. The Morgan fingerprint density at radius 1 is 1.03 bits per heavy atom. The van der Waals surface area contributed by atoms with Crippen molar-refractivity contribution in [3.63, 3.8) is 0 Å². The lowest BCUT2D eigenvalue weighted by Gasteiger charge is -2.13. The minimum Gasteiger partial charge on any atom is -0.369 e. The highest BCUT2D eigenvalue weighted by atomic mass is 19.1. The van der Waals surface area contributed by atoms with Crippen molar-refractivity contribution in [2.45, 2.75) is 32.6 Å². The van der Waals surface area contributed by atoms with Gasteiger partial charge in [-0.1, -0.05) is 37.6 Å². The molecule has 1 heterocycles. The van der Waals surface area contributed by atoms with Gasteiger partial charge in [-0.15, -0.1) is 0 Å². The topological polar surface area (TPSA) is 102 Å². The van der Waals surface area contributed by atoms with Gasteiger partial charge in [0.15, 0.2) is 0 Å². The van der Waals surface area contributed by atoms with Gasteiger partial charge in [-0.3, -0.25) is 10.1 Å². The molecule has 4 N–H and O–H groups in total. The average molecular weight is 478 g/mol. The smallest absolute Gasteiger partial charge is 0.324 e. The molecule has 4 rings (SSSR count). The molecule has 0 radical (unpaired) electrons. The molecule has 4 aromatic rings. The third kappa shape index (κ3) is 5.63. The fraction of sp³-hybridized carbons (Fsp3) is 0.192. The molecule has 1 aromatic heterocycles. The fourth-order valence-corrected chi connectivity index (χ4v) is 3.89. The van der Waals surface area contributed by atoms with Gasteiger partial charge in [-0.2, -0.15) is 5.10 Å². The average Bonchev–Trinajstić information content (AvgIpc) is 3.22. The Bertz CT molecular complexity index is 1400. The van der Waals surface area contributed by atoms with Crippen LogP contribution in [-0.2, 0) is 17.6 Å². The van der Waals surface area contributed by atoms with Crippen molar-refractivity contribution < 1.29 is 18.4 Å². The normalized spacial score (nSPS) is 10.9. The lowest BCUT2D eigenvalue weighted by atomic mass is 10.0. The number of carbonyl (C=O) groups is 2. The predicted molar refractivity (Wildman–Crippen MR) is 132 cm³/mol. The standard InChI is InChI=1S/C26H25F2N5O2/c1-2-3-7-19-15-25(31-26(35)30-23-14-18(27)9-10-22(23)28)33(32-19)20-11-16-6-4-5-8-21(16)17(12-20)13-24(29)34/h4-6,8-12,14-15H,2-3,7,13H2,1H3,(H2,29,34)(H2,30,31,35). The molecule has 3 aromatic carbocycles. The van der Waals surface area contributed by atoms with Gasteiger partial charge in [0.25, 0.3) is 0 Å². The number of aryl methyl sites for hydroxylation is 1. The third-order valence-electron chi connectivity index (χ3n) is 5.51. The Morgan fingerprint density at radius 3 is 2.60 bits per heavy atom. The van der Waals surface area contributed by atoms with Crippen molar-refractivity contribution in [3.8, 4) is 5.69 Å². The minimum absolute atomic E-state index is 0.0421. The van der Waals surface area contributed by atoms with Crippen LogP contribution < -0.4 is 16.4 Å². The highest BCUT2D eigenvalue weighted by molar-refractivity contribution is 5.99. The second-order valence-electron chi connectivity index (χ2n) is 8.21. The molecule has 0 aliphatic heterocycles. The van der Waals surface area contributed by atoms with E-state index in [0.717, 1.165) is 53.1 Å². The van der Waals surface area contributed by atoms with E-state index in [1.54, 1.807) is 16.8 Å². The Kier molecular flexibility index (Phi) is 7.05. The van der Waals surface area contributed by atoms with E-state index in [0.29, 0.717) is 17.9 Å². The summed E-state index contributed by atoms with van der Waals surface area (Å²) in [5, 5.41) is 11.4. The van der Waals surface area contributed by atoms with E-state index < -0.39 is 23.6 Å². The third-order valence-corrected chi connectivity index (χ3v) is 5.51. The number of nitrogens with two attached hydrogens (primary N) is 1. The van der Waals surface area contributed by atoms with Crippen molar-refractivity contribution in [1.82, 2.24) is 9.78 Å². The molecule has 180 valence electrons. The summed E-state index contributed by atoms with van der Waals surface area (Å²) >= 11 is 0. The highest BCUT2D eigenvalue weighted by Crippen LogP contribution is 2.27. The summed E-state index contributed by atoms with van der Waals surface area (Å²) < 4.78 is 29.1. The number of urea groups is 1. The van der Waals surface area contributed by atoms with Crippen LogP contribution in [0.25, 0.3) is 16.5 Å². The second-order valence-corrected chi connectivity index (χ2v) is 8.21. The van der Waals surface area contributed by atoms with Crippen molar-refractivity contribution in [1.29, 1.82) is 0 Å². The number of anilines is 2. The summed E-state index contributed by atoms with van der Waals surface area (Å²) in [5.74, 6) is -1.56. The van der Waals surface area contributed by atoms with Gasteiger partial charge in [-0.05, 0) is 53.4 Å². The lowest BCUT2D eigenvalue weighted by molar-refractivity contribution is -0.117. The van der Waals surface area contributed by atoms with Crippen LogP contribution in [0.1, 0.15) is 31.0 Å². The van der Waals surface area contributed by atoms with Crippen LogP contribution in [0.2, 0.25) is 0 Å². The van der Waals surface area contributed by atoms with Gasteiger partial charge in [0.1, 0.15) is 17.5 Å². The molecule has 0 aliphatic carbocycles. The number of amides is 3. The van der Waals surface area contributed by atoms with E-state index in [4.69, 9.17) is 5.73 Å². The Balaban J connectivity index is 1.72. The van der Waals surface area contributed by atoms with Gasteiger partial charge >= 0.3 is 6.03 Å². The zero-order valence-corrected chi connectivity index (χ0v) is 19.1. The number of halogens is 2. The largest absolute Gasteiger partial charge is 0.369 e. The highest BCUT2D eigenvalue weighted by Gasteiger charge is 2.16. The number of primary amides is 1.